The Morgan fingerprint density at radius 2 is 1.65 bits per heavy atom. The Bertz CT molecular complexity index is 316. The van der Waals surface area contributed by atoms with Crippen LogP contribution in [0.5, 0.6) is 0 Å². The average molecular weight is 279 g/mol. The molecular formula is C17H33N3. The third-order valence-electron chi connectivity index (χ3n) is 2.18. The molecule has 0 bridgehead atoms. The van der Waals surface area contributed by atoms with Gasteiger partial charge in [0.1, 0.15) is 0 Å². The van der Waals surface area contributed by atoms with Gasteiger partial charge in [0.2, 0.25) is 0 Å². The van der Waals surface area contributed by atoms with E-state index in [0.717, 1.165) is 12.0 Å². The standard InChI is InChI=1S/C7H9N.C6H12N2.2C2H6/c1-2-7-3-5-8-6-4-7;1-5(2)6(3-7)4-8;2*1-2/h3-6H,2H2,1H3;3-5,7H,8H2,1-2H3;2*1-2H3/b;6-4+,7-3?;;. The van der Waals surface area contributed by atoms with Gasteiger partial charge in [0, 0.05) is 18.6 Å². The van der Waals surface area contributed by atoms with Gasteiger partial charge in [0.25, 0.3) is 0 Å². The number of nitrogens with one attached hydrogen (secondary N) is 1. The molecule has 0 radical (unpaired) electrons. The topological polar surface area (TPSA) is 62.8 Å². The van der Waals surface area contributed by atoms with Gasteiger partial charge in [-0.05, 0) is 41.8 Å². The van der Waals surface area contributed by atoms with E-state index in [1.165, 1.54) is 18.0 Å². The van der Waals surface area contributed by atoms with Crippen molar-refractivity contribution in [2.24, 2.45) is 11.7 Å². The zero-order chi connectivity index (χ0) is 16.4. The van der Waals surface area contributed by atoms with Crippen molar-refractivity contribution in [2.45, 2.75) is 54.9 Å². The number of allylic oxidation sites excluding steroid dienone is 1. The van der Waals surface area contributed by atoms with E-state index in [2.05, 4.69) is 11.9 Å². The SMILES string of the molecule is CC.CC.CC(C)/C(C=N)=C/N.CCc1ccncc1. The summed E-state index contributed by atoms with van der Waals surface area (Å²) in [6.45, 7) is 14.1. The summed E-state index contributed by atoms with van der Waals surface area (Å²) < 4.78 is 0. The molecule has 0 saturated carbocycles. The van der Waals surface area contributed by atoms with Crippen molar-refractivity contribution in [1.82, 2.24) is 4.98 Å². The smallest absolute Gasteiger partial charge is 0.0270 e. The van der Waals surface area contributed by atoms with Crippen LogP contribution in [-0.4, -0.2) is 11.2 Å². The first-order valence-electron chi connectivity index (χ1n) is 7.46. The molecule has 0 amide bonds. The molecule has 116 valence electrons. The molecular weight excluding hydrogens is 246 g/mol. The Kier molecular flexibility index (Phi) is 23.1. The second kappa shape index (κ2) is 19.7. The molecule has 3 nitrogen and oxygen atoms in total. The van der Waals surface area contributed by atoms with Crippen molar-refractivity contribution >= 4 is 6.21 Å². The van der Waals surface area contributed by atoms with E-state index in [-0.39, 0.29) is 0 Å². The van der Waals surface area contributed by atoms with Crippen molar-refractivity contribution in [3.8, 4) is 0 Å². The van der Waals surface area contributed by atoms with Gasteiger partial charge in [-0.25, -0.2) is 0 Å². The van der Waals surface area contributed by atoms with Gasteiger partial charge in [-0.1, -0.05) is 48.5 Å². The Hall–Kier alpha value is -1.64. The molecule has 3 N–H and O–H groups in total. The van der Waals surface area contributed by atoms with Crippen LogP contribution < -0.4 is 5.73 Å². The summed E-state index contributed by atoms with van der Waals surface area (Å²) in [7, 11) is 0. The van der Waals surface area contributed by atoms with E-state index >= 15 is 0 Å². The Morgan fingerprint density at radius 3 is 1.80 bits per heavy atom. The summed E-state index contributed by atoms with van der Waals surface area (Å²) in [6.07, 6.45) is 7.49. The highest BCUT2D eigenvalue weighted by atomic mass is 14.6. The zero-order valence-electron chi connectivity index (χ0n) is 14.3. The van der Waals surface area contributed by atoms with E-state index < -0.39 is 0 Å². The van der Waals surface area contributed by atoms with Gasteiger partial charge in [-0.3, -0.25) is 4.98 Å². The molecule has 0 saturated heterocycles. The van der Waals surface area contributed by atoms with Crippen LogP contribution in [0.3, 0.4) is 0 Å². The van der Waals surface area contributed by atoms with Crippen LogP contribution in [0.4, 0.5) is 0 Å². The molecule has 0 unspecified atom stereocenters. The van der Waals surface area contributed by atoms with Crippen LogP contribution in [0.1, 0.15) is 54.0 Å². The average Bonchev–Trinajstić information content (AvgIpc) is 2.53. The van der Waals surface area contributed by atoms with Crippen LogP contribution in [-0.2, 0) is 6.42 Å². The fourth-order valence-electron chi connectivity index (χ4n) is 1.03. The summed E-state index contributed by atoms with van der Waals surface area (Å²) in [4.78, 5) is 3.89. The maximum Gasteiger partial charge on any atom is 0.0270 e. The highest BCUT2D eigenvalue weighted by Gasteiger charge is 1.95. The lowest BCUT2D eigenvalue weighted by molar-refractivity contribution is 0.803. The summed E-state index contributed by atoms with van der Waals surface area (Å²) in [5.41, 5.74) is 7.40. The monoisotopic (exact) mass is 279 g/mol. The summed E-state index contributed by atoms with van der Waals surface area (Å²) in [6, 6.07) is 4.06. The molecule has 0 atom stereocenters. The van der Waals surface area contributed by atoms with Gasteiger partial charge in [0.05, 0.1) is 0 Å². The number of aromatic nitrogens is 1. The number of hydrogen-bond donors (Lipinski definition) is 2. The molecule has 20 heavy (non-hydrogen) atoms. The molecule has 1 heterocycles. The Balaban J connectivity index is -0.000000231. The molecule has 0 aliphatic rings. The molecule has 0 aliphatic carbocycles. The molecule has 0 aliphatic heterocycles. The van der Waals surface area contributed by atoms with Gasteiger partial charge < -0.3 is 11.1 Å². The summed E-state index contributed by atoms with van der Waals surface area (Å²) >= 11 is 0. The highest BCUT2D eigenvalue weighted by molar-refractivity contribution is 5.75. The summed E-state index contributed by atoms with van der Waals surface area (Å²) in [5.74, 6) is 0.373. The minimum absolute atomic E-state index is 0.373. The lowest BCUT2D eigenvalue weighted by Crippen LogP contribution is -1.97. The van der Waals surface area contributed by atoms with Crippen molar-refractivity contribution < 1.29 is 0 Å². The minimum Gasteiger partial charge on any atom is -0.404 e. The Morgan fingerprint density at radius 1 is 1.20 bits per heavy atom. The molecule has 1 rings (SSSR count). The van der Waals surface area contributed by atoms with Gasteiger partial charge in [-0.2, -0.15) is 0 Å². The van der Waals surface area contributed by atoms with E-state index in [9.17, 15) is 0 Å². The highest BCUT2D eigenvalue weighted by Crippen LogP contribution is 2.02. The number of pyridine rings is 1. The quantitative estimate of drug-likeness (QED) is 0.778. The van der Waals surface area contributed by atoms with Crippen LogP contribution >= 0.6 is 0 Å². The number of nitrogens with zero attached hydrogens (tertiary/aromatic N) is 1. The molecule has 0 spiro atoms. The van der Waals surface area contributed by atoms with E-state index in [0.29, 0.717) is 5.92 Å². The molecule has 1 aromatic rings. The van der Waals surface area contributed by atoms with Crippen molar-refractivity contribution in [1.29, 1.82) is 5.41 Å². The molecule has 0 aromatic carbocycles. The van der Waals surface area contributed by atoms with Crippen molar-refractivity contribution in [2.75, 3.05) is 0 Å². The van der Waals surface area contributed by atoms with E-state index in [4.69, 9.17) is 11.1 Å². The Labute approximate surface area is 125 Å². The first kappa shape index (κ1) is 23.5. The van der Waals surface area contributed by atoms with Gasteiger partial charge in [-0.15, -0.1) is 0 Å². The zero-order valence-corrected chi connectivity index (χ0v) is 14.3. The summed E-state index contributed by atoms with van der Waals surface area (Å²) in [5, 5.41) is 6.82. The lowest BCUT2D eigenvalue weighted by Gasteiger charge is -2.00. The molecule has 1 aromatic heterocycles. The third kappa shape index (κ3) is 14.4. The normalized spacial score (nSPS) is 9.10. The second-order valence-electron chi connectivity index (χ2n) is 3.67. The van der Waals surface area contributed by atoms with E-state index in [1.807, 2.05) is 66.1 Å². The maximum atomic E-state index is 6.82. The minimum atomic E-state index is 0.373. The predicted octanol–water partition coefficient (Wildman–Crippen LogP) is 4.83. The number of hydrogen-bond acceptors (Lipinski definition) is 3. The van der Waals surface area contributed by atoms with E-state index in [1.54, 1.807) is 0 Å². The number of nitrogens with two attached hydrogens (primary N) is 1. The van der Waals surface area contributed by atoms with Gasteiger partial charge in [0.15, 0.2) is 0 Å². The lowest BCUT2D eigenvalue weighted by atomic mass is 10.1. The maximum absolute atomic E-state index is 6.82. The van der Waals surface area contributed by atoms with Crippen molar-refractivity contribution in [3.63, 3.8) is 0 Å². The predicted molar refractivity (Wildman–Crippen MR) is 92.2 cm³/mol. The fourth-order valence-corrected chi connectivity index (χ4v) is 1.03. The van der Waals surface area contributed by atoms with Gasteiger partial charge >= 0.3 is 0 Å². The third-order valence-corrected chi connectivity index (χ3v) is 2.18. The first-order valence-corrected chi connectivity index (χ1v) is 7.46. The van der Waals surface area contributed by atoms with Crippen LogP contribution in [0.15, 0.2) is 36.3 Å². The second-order valence-corrected chi connectivity index (χ2v) is 3.67. The number of aryl methyl sites for hydroxylation is 1. The molecule has 3 heteroatoms. The van der Waals surface area contributed by atoms with Crippen LogP contribution in [0.25, 0.3) is 0 Å². The van der Waals surface area contributed by atoms with Crippen LogP contribution in [0.2, 0.25) is 0 Å². The first-order chi connectivity index (χ1) is 9.65. The molecule has 0 fully saturated rings. The van der Waals surface area contributed by atoms with Crippen molar-refractivity contribution in [3.05, 3.63) is 41.9 Å². The largest absolute Gasteiger partial charge is 0.404 e. The number of rotatable bonds is 3. The van der Waals surface area contributed by atoms with Crippen LogP contribution in [0, 0.1) is 11.3 Å². The fraction of sp³-hybridized carbons (Fsp3) is 0.529.